The molecular formula is C24H22F5N3O4. The maximum absolute atomic E-state index is 13.9. The van der Waals surface area contributed by atoms with E-state index in [0.29, 0.717) is 5.39 Å². The lowest BCUT2D eigenvalue weighted by Crippen LogP contribution is -2.53. The van der Waals surface area contributed by atoms with E-state index in [4.69, 9.17) is 9.84 Å². The minimum Gasteiger partial charge on any atom is -0.486 e. The first-order chi connectivity index (χ1) is 16.9. The third-order valence-corrected chi connectivity index (χ3v) is 5.42. The quantitative estimate of drug-likeness (QED) is 0.344. The summed E-state index contributed by atoms with van der Waals surface area (Å²) in [7, 11) is 0. The highest BCUT2D eigenvalue weighted by Gasteiger charge is 2.35. The maximum atomic E-state index is 13.9. The molecule has 0 aliphatic heterocycles. The van der Waals surface area contributed by atoms with Crippen molar-refractivity contribution in [2.24, 2.45) is 0 Å². The van der Waals surface area contributed by atoms with E-state index in [1.165, 1.54) is 37.4 Å². The molecule has 3 aromatic rings. The number of hydrogen-bond acceptors (Lipinski definition) is 4. The van der Waals surface area contributed by atoms with Gasteiger partial charge in [-0.3, -0.25) is 9.78 Å². The van der Waals surface area contributed by atoms with E-state index < -0.39 is 61.3 Å². The molecule has 0 radical (unpaired) electrons. The van der Waals surface area contributed by atoms with Gasteiger partial charge >= 0.3 is 12.3 Å². The maximum Gasteiger partial charge on any atom is 0.405 e. The Morgan fingerprint density at radius 1 is 1.03 bits per heavy atom. The number of nitrogens with zero attached hydrogens (tertiary/aromatic N) is 1. The molecule has 0 aliphatic carbocycles. The number of fused-ring (bicyclic) bond motifs is 1. The predicted octanol–water partition coefficient (Wildman–Crippen LogP) is 5.19. The van der Waals surface area contributed by atoms with Gasteiger partial charge in [0.25, 0.3) is 5.91 Å². The van der Waals surface area contributed by atoms with Crippen LogP contribution in [0.25, 0.3) is 10.9 Å². The molecule has 0 fully saturated rings. The summed E-state index contributed by atoms with van der Waals surface area (Å²) in [5.74, 6) is -2.11. The molecule has 36 heavy (non-hydrogen) atoms. The monoisotopic (exact) mass is 511 g/mol. The Bertz CT molecular complexity index is 1250. The molecule has 0 saturated carbocycles. The first-order valence-corrected chi connectivity index (χ1v) is 10.7. The Morgan fingerprint density at radius 3 is 2.33 bits per heavy atom. The Morgan fingerprint density at radius 2 is 1.69 bits per heavy atom. The van der Waals surface area contributed by atoms with Crippen LogP contribution in [0.2, 0.25) is 0 Å². The molecule has 0 aliphatic rings. The SMILES string of the molecule is CC(CCC(F)(F)F)(CNC(=O)c1ccnc2c(OCc3c(F)cccc3F)cccc12)NC(=O)O. The second-order valence-electron chi connectivity index (χ2n) is 8.29. The van der Waals surface area contributed by atoms with Gasteiger partial charge in [0.15, 0.2) is 0 Å². The molecule has 2 aromatic carbocycles. The van der Waals surface area contributed by atoms with Gasteiger partial charge in [-0.1, -0.05) is 18.2 Å². The minimum absolute atomic E-state index is 0.0935. The molecule has 7 nitrogen and oxygen atoms in total. The molecule has 3 rings (SSSR count). The number of para-hydroxylation sites is 1. The summed E-state index contributed by atoms with van der Waals surface area (Å²) in [6.45, 7) is 0.403. The van der Waals surface area contributed by atoms with E-state index in [1.54, 1.807) is 6.07 Å². The average Bonchev–Trinajstić information content (AvgIpc) is 2.80. The first kappa shape index (κ1) is 26.6. The van der Waals surface area contributed by atoms with Crippen LogP contribution in [0.4, 0.5) is 26.7 Å². The number of hydrogen-bond donors (Lipinski definition) is 3. The molecule has 12 heteroatoms. The van der Waals surface area contributed by atoms with Gasteiger partial charge in [0, 0.05) is 24.5 Å². The Labute approximate surface area is 202 Å². The normalized spacial score (nSPS) is 13.2. The number of carbonyl (C=O) groups is 2. The van der Waals surface area contributed by atoms with E-state index in [2.05, 4.69) is 10.3 Å². The second kappa shape index (κ2) is 10.8. The number of ether oxygens (including phenoxy) is 1. The van der Waals surface area contributed by atoms with Crippen molar-refractivity contribution >= 4 is 22.9 Å². The molecular weight excluding hydrogens is 489 g/mol. The van der Waals surface area contributed by atoms with Crippen LogP contribution in [0.1, 0.15) is 35.7 Å². The van der Waals surface area contributed by atoms with Gasteiger partial charge < -0.3 is 20.5 Å². The Kier molecular flexibility index (Phi) is 7.96. The van der Waals surface area contributed by atoms with Crippen molar-refractivity contribution in [2.45, 2.75) is 38.1 Å². The number of aromatic nitrogens is 1. The van der Waals surface area contributed by atoms with Crippen LogP contribution in [0, 0.1) is 11.6 Å². The second-order valence-corrected chi connectivity index (χ2v) is 8.29. The smallest absolute Gasteiger partial charge is 0.405 e. The number of carbonyl (C=O) groups excluding carboxylic acids is 1. The Hall–Kier alpha value is -3.96. The highest BCUT2D eigenvalue weighted by atomic mass is 19.4. The largest absolute Gasteiger partial charge is 0.486 e. The third-order valence-electron chi connectivity index (χ3n) is 5.42. The lowest BCUT2D eigenvalue weighted by atomic mass is 9.95. The van der Waals surface area contributed by atoms with Crippen LogP contribution in [0.3, 0.4) is 0 Å². The van der Waals surface area contributed by atoms with Crippen molar-refractivity contribution in [3.8, 4) is 5.75 Å². The Balaban J connectivity index is 1.80. The third kappa shape index (κ3) is 6.80. The van der Waals surface area contributed by atoms with E-state index in [1.807, 2.05) is 5.32 Å². The molecule has 1 heterocycles. The van der Waals surface area contributed by atoms with Crippen molar-refractivity contribution in [1.29, 1.82) is 0 Å². The van der Waals surface area contributed by atoms with Crippen molar-refractivity contribution in [1.82, 2.24) is 15.6 Å². The number of amides is 2. The zero-order valence-corrected chi connectivity index (χ0v) is 19.0. The lowest BCUT2D eigenvalue weighted by molar-refractivity contribution is -0.138. The molecule has 1 atom stereocenters. The van der Waals surface area contributed by atoms with E-state index in [9.17, 15) is 31.5 Å². The fourth-order valence-corrected chi connectivity index (χ4v) is 3.53. The molecule has 192 valence electrons. The van der Waals surface area contributed by atoms with Gasteiger partial charge in [-0.05, 0) is 37.6 Å². The molecule has 2 amide bonds. The molecule has 0 saturated heterocycles. The fourth-order valence-electron chi connectivity index (χ4n) is 3.53. The average molecular weight is 511 g/mol. The standard InChI is InChI=1S/C24H22F5N3O4/c1-23(32-22(34)35,9-10-24(27,28)29)13-31-21(33)15-8-11-30-20-14(15)4-2-7-19(20)36-12-16-17(25)5-3-6-18(16)26/h2-8,11,32H,9-10,12-13H2,1H3,(H,31,33)(H,34,35). The summed E-state index contributed by atoms with van der Waals surface area (Å²) in [6, 6.07) is 9.36. The van der Waals surface area contributed by atoms with Crippen LogP contribution in [-0.4, -0.2) is 40.4 Å². The zero-order chi connectivity index (χ0) is 26.5. The first-order valence-electron chi connectivity index (χ1n) is 10.7. The number of pyridine rings is 1. The highest BCUT2D eigenvalue weighted by Crippen LogP contribution is 2.28. The van der Waals surface area contributed by atoms with Gasteiger partial charge in [0.1, 0.15) is 29.5 Å². The summed E-state index contributed by atoms with van der Waals surface area (Å²) < 4.78 is 71.5. The zero-order valence-electron chi connectivity index (χ0n) is 19.0. The van der Waals surface area contributed by atoms with E-state index >= 15 is 0 Å². The van der Waals surface area contributed by atoms with Crippen LogP contribution < -0.4 is 15.4 Å². The van der Waals surface area contributed by atoms with Crippen LogP contribution in [0.15, 0.2) is 48.7 Å². The van der Waals surface area contributed by atoms with E-state index in [-0.39, 0.29) is 22.4 Å². The van der Waals surface area contributed by atoms with Crippen molar-refractivity contribution in [3.63, 3.8) is 0 Å². The van der Waals surface area contributed by atoms with Crippen molar-refractivity contribution < 1.29 is 41.4 Å². The van der Waals surface area contributed by atoms with Crippen LogP contribution in [-0.2, 0) is 6.61 Å². The van der Waals surface area contributed by atoms with Crippen LogP contribution >= 0.6 is 0 Å². The van der Waals surface area contributed by atoms with Gasteiger partial charge in [-0.25, -0.2) is 13.6 Å². The topological polar surface area (TPSA) is 101 Å². The summed E-state index contributed by atoms with van der Waals surface area (Å²) in [6.07, 6.45) is -6.58. The number of carboxylic acid groups (broad SMARTS) is 1. The number of alkyl halides is 3. The van der Waals surface area contributed by atoms with Crippen molar-refractivity contribution in [2.75, 3.05) is 6.54 Å². The van der Waals surface area contributed by atoms with Gasteiger partial charge in [0.05, 0.1) is 16.7 Å². The van der Waals surface area contributed by atoms with Gasteiger partial charge in [0.2, 0.25) is 0 Å². The minimum atomic E-state index is -4.51. The number of rotatable bonds is 9. The summed E-state index contributed by atoms with van der Waals surface area (Å²) in [5.41, 5.74) is -1.56. The van der Waals surface area contributed by atoms with E-state index in [0.717, 1.165) is 12.1 Å². The molecule has 0 bridgehead atoms. The van der Waals surface area contributed by atoms with Gasteiger partial charge in [-0.2, -0.15) is 13.2 Å². The number of benzene rings is 2. The number of nitrogens with one attached hydrogen (secondary N) is 2. The molecule has 1 aromatic heterocycles. The lowest BCUT2D eigenvalue weighted by Gasteiger charge is -2.30. The van der Waals surface area contributed by atoms with Crippen LogP contribution in [0.5, 0.6) is 5.75 Å². The predicted molar refractivity (Wildman–Crippen MR) is 120 cm³/mol. The summed E-state index contributed by atoms with van der Waals surface area (Å²) in [4.78, 5) is 28.2. The fraction of sp³-hybridized carbons (Fsp3) is 0.292. The number of halogens is 5. The van der Waals surface area contributed by atoms with Crippen molar-refractivity contribution in [3.05, 3.63) is 71.4 Å². The molecule has 0 spiro atoms. The summed E-state index contributed by atoms with van der Waals surface area (Å²) in [5, 5.41) is 13.8. The highest BCUT2D eigenvalue weighted by molar-refractivity contribution is 6.07. The van der Waals surface area contributed by atoms with Gasteiger partial charge in [-0.15, -0.1) is 0 Å². The summed E-state index contributed by atoms with van der Waals surface area (Å²) >= 11 is 0. The molecule has 1 unspecified atom stereocenters. The molecule has 3 N–H and O–H groups in total.